The van der Waals surface area contributed by atoms with E-state index < -0.39 is 33.5 Å². The molecule has 0 aliphatic carbocycles. The van der Waals surface area contributed by atoms with Crippen molar-refractivity contribution in [2.75, 3.05) is 12.4 Å². The number of nitrogens with zero attached hydrogens (tertiary/aromatic N) is 1. The fraction of sp³-hybridized carbons (Fsp3) is 0.385. The summed E-state index contributed by atoms with van der Waals surface area (Å²) >= 11 is 0. The Kier molecular flexibility index (Phi) is 7.71. The van der Waals surface area contributed by atoms with Crippen LogP contribution in [0.15, 0.2) is 53.6 Å². The topological polar surface area (TPSA) is 115 Å². The Bertz CT molecular complexity index is 1330. The van der Waals surface area contributed by atoms with Crippen LogP contribution in [0.4, 0.5) is 4.79 Å². The van der Waals surface area contributed by atoms with Crippen molar-refractivity contribution in [3.8, 4) is 0 Å². The van der Waals surface area contributed by atoms with Crippen molar-refractivity contribution in [3.63, 3.8) is 0 Å². The first kappa shape index (κ1) is 26.4. The molecule has 0 aliphatic heterocycles. The van der Waals surface area contributed by atoms with Gasteiger partial charge in [-0.15, -0.1) is 0 Å². The molecule has 8 nitrogen and oxygen atoms in total. The fourth-order valence-corrected chi connectivity index (χ4v) is 4.69. The number of aliphatic hydroxyl groups excluding tert-OH is 1. The van der Waals surface area contributed by atoms with E-state index in [1.807, 2.05) is 6.92 Å². The number of aliphatic hydroxyl groups is 1. The maximum atomic E-state index is 13.0. The molecule has 0 radical (unpaired) electrons. The lowest BCUT2D eigenvalue weighted by atomic mass is 10.1. The standard InChI is InChI=1S/C26H32N2O6S/c1-6-23-21-13-10-18(14-19(21)15-28(23)25(31)34-26(3,4)5)24(30)27-22(16-29)17-8-11-20(12-9-17)35(32,33)7-2/h8-15,22,29H,6-7,16H2,1-5H3,(H,27,30)/t22-/m1/s1. The van der Waals surface area contributed by atoms with E-state index >= 15 is 0 Å². The van der Waals surface area contributed by atoms with Crippen LogP contribution in [-0.2, 0) is 21.0 Å². The number of carbonyl (C=O) groups excluding carboxylic acids is 2. The predicted octanol–water partition coefficient (Wildman–Crippen LogP) is 4.24. The minimum Gasteiger partial charge on any atom is -0.443 e. The fourth-order valence-electron chi connectivity index (χ4n) is 3.81. The molecule has 0 aliphatic rings. The summed E-state index contributed by atoms with van der Waals surface area (Å²) in [5, 5.41) is 14.2. The minimum atomic E-state index is -3.34. The lowest BCUT2D eigenvalue weighted by Gasteiger charge is -2.20. The highest BCUT2D eigenvalue weighted by Gasteiger charge is 2.22. The van der Waals surface area contributed by atoms with Crippen molar-refractivity contribution in [1.29, 1.82) is 0 Å². The van der Waals surface area contributed by atoms with Crippen LogP contribution in [0.1, 0.15) is 62.3 Å². The van der Waals surface area contributed by atoms with Crippen molar-refractivity contribution in [2.24, 2.45) is 0 Å². The average Bonchev–Trinajstić information content (AvgIpc) is 3.19. The van der Waals surface area contributed by atoms with E-state index in [0.717, 1.165) is 16.5 Å². The number of hydrogen-bond acceptors (Lipinski definition) is 6. The van der Waals surface area contributed by atoms with Crippen molar-refractivity contribution >= 4 is 32.6 Å². The second-order valence-corrected chi connectivity index (χ2v) is 11.5. The van der Waals surface area contributed by atoms with Gasteiger partial charge in [-0.25, -0.2) is 13.2 Å². The maximum absolute atomic E-state index is 13.0. The zero-order valence-electron chi connectivity index (χ0n) is 20.7. The summed E-state index contributed by atoms with van der Waals surface area (Å²) < 4.78 is 31.0. The second kappa shape index (κ2) is 10.2. The molecular formula is C26H32N2O6S. The Labute approximate surface area is 205 Å². The van der Waals surface area contributed by atoms with E-state index in [1.54, 1.807) is 64.2 Å². The molecule has 1 heterocycles. The van der Waals surface area contributed by atoms with E-state index in [9.17, 15) is 23.1 Å². The minimum absolute atomic E-state index is 0.00954. The van der Waals surface area contributed by atoms with Crippen LogP contribution in [0, 0.1) is 0 Å². The molecule has 3 aromatic rings. The maximum Gasteiger partial charge on any atom is 0.418 e. The highest BCUT2D eigenvalue weighted by atomic mass is 32.2. The van der Waals surface area contributed by atoms with E-state index in [0.29, 0.717) is 17.5 Å². The number of carbonyl (C=O) groups is 2. The molecule has 1 amide bonds. The van der Waals surface area contributed by atoms with Gasteiger partial charge in [0.1, 0.15) is 5.60 Å². The molecule has 0 saturated carbocycles. The number of ether oxygens (including phenoxy) is 1. The molecule has 188 valence electrons. The van der Waals surface area contributed by atoms with Crippen molar-refractivity contribution in [1.82, 2.24) is 9.88 Å². The highest BCUT2D eigenvalue weighted by molar-refractivity contribution is 7.91. The van der Waals surface area contributed by atoms with Gasteiger partial charge in [-0.1, -0.05) is 32.0 Å². The average molecular weight is 501 g/mol. The van der Waals surface area contributed by atoms with E-state index in [4.69, 9.17) is 4.74 Å². The van der Waals surface area contributed by atoms with Crippen molar-refractivity contribution in [2.45, 2.75) is 57.6 Å². The molecular weight excluding hydrogens is 468 g/mol. The Hall–Kier alpha value is -3.17. The van der Waals surface area contributed by atoms with Crippen LogP contribution >= 0.6 is 0 Å². The van der Waals surface area contributed by atoms with E-state index in [-0.39, 0.29) is 17.3 Å². The van der Waals surface area contributed by atoms with Gasteiger partial charge in [-0.2, -0.15) is 0 Å². The summed E-state index contributed by atoms with van der Waals surface area (Å²) in [4.78, 5) is 25.8. The number of benzene rings is 2. The number of fused-ring (bicyclic) bond motifs is 1. The van der Waals surface area contributed by atoms with E-state index in [1.165, 1.54) is 16.7 Å². The molecule has 35 heavy (non-hydrogen) atoms. The first-order chi connectivity index (χ1) is 16.4. The third-order valence-corrected chi connectivity index (χ3v) is 7.37. The summed E-state index contributed by atoms with van der Waals surface area (Å²) in [7, 11) is -3.34. The van der Waals surface area contributed by atoms with Crippen LogP contribution in [0.25, 0.3) is 10.8 Å². The SMILES string of the molecule is CCc1c2ccc(C(=O)N[C@H](CO)c3ccc(S(=O)(=O)CC)cc3)cc2cn1C(=O)OC(C)(C)C. The van der Waals surface area contributed by atoms with Crippen LogP contribution in [0.3, 0.4) is 0 Å². The van der Waals surface area contributed by atoms with Gasteiger partial charge in [0.05, 0.1) is 23.3 Å². The Morgan fingerprint density at radius 2 is 1.74 bits per heavy atom. The zero-order chi connectivity index (χ0) is 26.0. The number of sulfone groups is 1. The lowest BCUT2D eigenvalue weighted by Crippen LogP contribution is -2.30. The molecule has 2 N–H and O–H groups in total. The van der Waals surface area contributed by atoms with Crippen LogP contribution in [0.2, 0.25) is 0 Å². The van der Waals surface area contributed by atoms with E-state index in [2.05, 4.69) is 5.32 Å². The van der Waals surface area contributed by atoms with Gasteiger partial charge in [-0.05, 0) is 57.0 Å². The molecule has 0 unspecified atom stereocenters. The molecule has 9 heteroatoms. The third-order valence-electron chi connectivity index (χ3n) is 5.62. The molecule has 1 aromatic heterocycles. The molecule has 2 aromatic carbocycles. The number of rotatable bonds is 7. The normalized spacial score (nSPS) is 13.0. The van der Waals surface area contributed by atoms with Gasteiger partial charge in [0.15, 0.2) is 9.84 Å². The van der Waals surface area contributed by atoms with Gasteiger partial charge in [0, 0.05) is 28.2 Å². The largest absolute Gasteiger partial charge is 0.443 e. The van der Waals surface area contributed by atoms with Crippen molar-refractivity contribution < 1.29 is 27.9 Å². The molecule has 0 bridgehead atoms. The second-order valence-electron chi connectivity index (χ2n) is 9.26. The molecule has 0 fully saturated rings. The molecule has 1 atom stereocenters. The van der Waals surface area contributed by atoms with Gasteiger partial charge in [0.2, 0.25) is 0 Å². The monoisotopic (exact) mass is 500 g/mol. The van der Waals surface area contributed by atoms with Gasteiger partial charge in [0.25, 0.3) is 5.91 Å². The van der Waals surface area contributed by atoms with Crippen molar-refractivity contribution in [3.05, 3.63) is 65.5 Å². The Morgan fingerprint density at radius 3 is 2.29 bits per heavy atom. The Morgan fingerprint density at radius 1 is 1.09 bits per heavy atom. The summed E-state index contributed by atoms with van der Waals surface area (Å²) in [6, 6.07) is 10.6. The first-order valence-electron chi connectivity index (χ1n) is 11.5. The van der Waals surface area contributed by atoms with Gasteiger partial charge >= 0.3 is 6.09 Å². The van der Waals surface area contributed by atoms with Crippen LogP contribution in [-0.4, -0.2) is 48.1 Å². The van der Waals surface area contributed by atoms with Crippen LogP contribution in [0.5, 0.6) is 0 Å². The van der Waals surface area contributed by atoms with Gasteiger partial charge < -0.3 is 15.2 Å². The number of hydrogen-bond donors (Lipinski definition) is 2. The molecule has 0 spiro atoms. The van der Waals surface area contributed by atoms with Crippen LogP contribution < -0.4 is 5.32 Å². The predicted molar refractivity (Wildman–Crippen MR) is 134 cm³/mol. The smallest absolute Gasteiger partial charge is 0.418 e. The number of aryl methyl sites for hydroxylation is 1. The lowest BCUT2D eigenvalue weighted by molar-refractivity contribution is 0.0533. The quantitative estimate of drug-likeness (QED) is 0.501. The number of amides is 1. The first-order valence-corrected chi connectivity index (χ1v) is 13.2. The highest BCUT2D eigenvalue weighted by Crippen LogP contribution is 2.25. The summed E-state index contributed by atoms with van der Waals surface area (Å²) in [5.74, 6) is -0.413. The zero-order valence-corrected chi connectivity index (χ0v) is 21.5. The Balaban J connectivity index is 1.85. The summed E-state index contributed by atoms with van der Waals surface area (Å²) in [6.45, 7) is 8.56. The van der Waals surface area contributed by atoms with Gasteiger partial charge in [-0.3, -0.25) is 9.36 Å². The summed E-state index contributed by atoms with van der Waals surface area (Å²) in [6.07, 6.45) is 1.78. The molecule has 3 rings (SSSR count). The molecule has 0 saturated heterocycles. The number of aromatic nitrogens is 1. The summed E-state index contributed by atoms with van der Waals surface area (Å²) in [5.41, 5.74) is 1.10. The number of nitrogens with one attached hydrogen (secondary N) is 1. The third kappa shape index (κ3) is 5.91.